The smallest absolute Gasteiger partial charge is 0.326 e. The zero-order valence-electron chi connectivity index (χ0n) is 18.3. The Kier molecular flexibility index (Phi) is 6.50. The summed E-state index contributed by atoms with van der Waals surface area (Å²) in [5.74, 6) is -0.509. The van der Waals surface area contributed by atoms with E-state index in [9.17, 15) is 14.4 Å². The monoisotopic (exact) mass is 436 g/mol. The number of imide groups is 1. The summed E-state index contributed by atoms with van der Waals surface area (Å²) >= 11 is 0. The van der Waals surface area contributed by atoms with Gasteiger partial charge in [0.25, 0.3) is 5.91 Å². The first-order chi connectivity index (χ1) is 15.5. The van der Waals surface area contributed by atoms with E-state index in [-0.39, 0.29) is 31.0 Å². The molecule has 1 N–H and O–H groups in total. The first-order valence-electron chi connectivity index (χ1n) is 11.0. The molecule has 1 atom stereocenters. The van der Waals surface area contributed by atoms with E-state index >= 15 is 0 Å². The minimum atomic E-state index is -0.896. The molecule has 1 aromatic carbocycles. The number of amides is 3. The maximum atomic E-state index is 13.4. The maximum Gasteiger partial charge on any atom is 0.326 e. The van der Waals surface area contributed by atoms with E-state index in [1.807, 2.05) is 35.2 Å². The molecule has 8 heteroatoms. The third-order valence-electron chi connectivity index (χ3n) is 6.09. The normalized spacial score (nSPS) is 19.9. The lowest BCUT2D eigenvalue weighted by Crippen LogP contribution is -2.51. The van der Waals surface area contributed by atoms with E-state index in [1.165, 1.54) is 10.5 Å². The Morgan fingerprint density at radius 3 is 2.78 bits per heavy atom. The van der Waals surface area contributed by atoms with E-state index < -0.39 is 5.54 Å². The summed E-state index contributed by atoms with van der Waals surface area (Å²) in [6.07, 6.45) is 5.43. The van der Waals surface area contributed by atoms with Gasteiger partial charge >= 0.3 is 12.0 Å². The van der Waals surface area contributed by atoms with Crippen LogP contribution in [0.3, 0.4) is 0 Å². The van der Waals surface area contributed by atoms with E-state index in [1.54, 1.807) is 19.3 Å². The molecule has 2 heterocycles. The van der Waals surface area contributed by atoms with E-state index in [0.717, 1.165) is 17.5 Å². The summed E-state index contributed by atoms with van der Waals surface area (Å²) in [6.45, 7) is 3.00. The highest BCUT2D eigenvalue weighted by Gasteiger charge is 2.52. The molecule has 3 amide bonds. The Bertz CT molecular complexity index is 997. The predicted octanol–water partition coefficient (Wildman–Crippen LogP) is 2.27. The number of carbonyl (C=O) groups excluding carboxylic acids is 3. The van der Waals surface area contributed by atoms with E-state index in [2.05, 4.69) is 16.4 Å². The van der Waals surface area contributed by atoms with Crippen LogP contribution in [0, 0.1) is 0 Å². The highest BCUT2D eigenvalue weighted by atomic mass is 16.5. The van der Waals surface area contributed by atoms with Crippen molar-refractivity contribution in [1.82, 2.24) is 20.1 Å². The molecule has 1 spiro atoms. The van der Waals surface area contributed by atoms with Crippen LogP contribution in [0.5, 0.6) is 0 Å². The van der Waals surface area contributed by atoms with Crippen molar-refractivity contribution in [3.63, 3.8) is 0 Å². The van der Waals surface area contributed by atoms with Crippen LogP contribution in [0.1, 0.15) is 36.5 Å². The summed E-state index contributed by atoms with van der Waals surface area (Å²) in [6, 6.07) is 11.4. The molecule has 1 aliphatic heterocycles. The van der Waals surface area contributed by atoms with Gasteiger partial charge in [-0.3, -0.25) is 19.5 Å². The molecule has 1 unspecified atom stereocenters. The average Bonchev–Trinajstić information content (AvgIpc) is 3.02. The van der Waals surface area contributed by atoms with Crippen molar-refractivity contribution in [2.24, 2.45) is 0 Å². The van der Waals surface area contributed by atoms with E-state index in [0.29, 0.717) is 32.5 Å². The molecule has 0 radical (unpaired) electrons. The van der Waals surface area contributed by atoms with Crippen LogP contribution < -0.4 is 5.32 Å². The fraction of sp³-hybridized carbons (Fsp3) is 0.417. The fourth-order valence-electron chi connectivity index (χ4n) is 4.46. The molecular weight excluding hydrogens is 408 g/mol. The minimum absolute atomic E-state index is 0.0996. The van der Waals surface area contributed by atoms with Gasteiger partial charge < -0.3 is 10.1 Å². The number of urea groups is 1. The van der Waals surface area contributed by atoms with Crippen molar-refractivity contribution in [1.29, 1.82) is 0 Å². The largest absolute Gasteiger partial charge is 0.466 e. The molecule has 32 heavy (non-hydrogen) atoms. The van der Waals surface area contributed by atoms with Gasteiger partial charge in [0.15, 0.2) is 0 Å². The number of benzene rings is 1. The first-order valence-corrected chi connectivity index (χ1v) is 11.0. The Balaban J connectivity index is 1.49. The van der Waals surface area contributed by atoms with Crippen molar-refractivity contribution in [2.75, 3.05) is 19.8 Å². The number of hydrogen-bond acceptors (Lipinski definition) is 6. The summed E-state index contributed by atoms with van der Waals surface area (Å²) in [5, 5.41) is 2.97. The molecule has 8 nitrogen and oxygen atoms in total. The van der Waals surface area contributed by atoms with Crippen LogP contribution in [0.15, 0.2) is 48.8 Å². The second-order valence-electron chi connectivity index (χ2n) is 8.30. The number of nitrogens with zero attached hydrogens (tertiary/aromatic N) is 3. The number of aryl methyl sites for hydroxylation is 1. The highest BCUT2D eigenvalue weighted by Crippen LogP contribution is 2.33. The lowest BCUT2D eigenvalue weighted by Gasteiger charge is -2.33. The number of nitrogens with one attached hydrogen (secondary N) is 1. The molecule has 0 saturated carbocycles. The SMILES string of the molecule is CCOC(=O)CCN(Cc1cccnc1)CN1C(=O)NC2(CCc3ccccc3C2)C1=O. The quantitative estimate of drug-likeness (QED) is 0.504. The average molecular weight is 437 g/mol. The van der Waals surface area contributed by atoms with Crippen molar-refractivity contribution >= 4 is 17.9 Å². The van der Waals surface area contributed by atoms with Gasteiger partial charge in [-0.25, -0.2) is 9.69 Å². The van der Waals surface area contributed by atoms with Crippen LogP contribution in [-0.4, -0.2) is 58.1 Å². The fourth-order valence-corrected chi connectivity index (χ4v) is 4.46. The molecule has 1 saturated heterocycles. The molecule has 2 aromatic rings. The third kappa shape index (κ3) is 4.65. The Hall–Kier alpha value is -3.26. The van der Waals surface area contributed by atoms with Crippen molar-refractivity contribution in [3.8, 4) is 0 Å². The summed E-state index contributed by atoms with van der Waals surface area (Å²) in [4.78, 5) is 45.5. The molecule has 168 valence electrons. The number of fused-ring (bicyclic) bond motifs is 1. The van der Waals surface area contributed by atoms with Crippen LogP contribution in [0.2, 0.25) is 0 Å². The molecule has 2 aliphatic rings. The lowest BCUT2D eigenvalue weighted by molar-refractivity contribution is -0.143. The van der Waals surface area contributed by atoms with E-state index in [4.69, 9.17) is 4.74 Å². The molecular formula is C24H28N4O4. The van der Waals surface area contributed by atoms with Crippen LogP contribution >= 0.6 is 0 Å². The van der Waals surface area contributed by atoms with Crippen LogP contribution in [0.4, 0.5) is 4.79 Å². The van der Waals surface area contributed by atoms with Gasteiger partial charge in [-0.15, -0.1) is 0 Å². The number of ether oxygens (including phenoxy) is 1. The van der Waals surface area contributed by atoms with Crippen LogP contribution in [0.25, 0.3) is 0 Å². The number of pyridine rings is 1. The maximum absolute atomic E-state index is 13.4. The molecule has 1 fully saturated rings. The molecule has 1 aromatic heterocycles. The van der Waals surface area contributed by atoms with Crippen LogP contribution in [-0.2, 0) is 33.7 Å². The highest BCUT2D eigenvalue weighted by molar-refractivity contribution is 6.07. The lowest BCUT2D eigenvalue weighted by atomic mass is 9.78. The Morgan fingerprint density at radius 1 is 1.22 bits per heavy atom. The van der Waals surface area contributed by atoms with Gasteiger partial charge in [-0.2, -0.15) is 0 Å². The Labute approximate surface area is 187 Å². The number of hydrogen-bond donors (Lipinski definition) is 1. The van der Waals surface area contributed by atoms with Gasteiger partial charge in [-0.1, -0.05) is 30.3 Å². The standard InChI is InChI=1S/C24H28N4O4/c1-2-32-21(29)10-13-27(16-18-6-5-12-25-15-18)17-28-22(30)24(26-23(28)31)11-9-19-7-3-4-8-20(19)14-24/h3-8,12,15H,2,9-11,13-14,16-17H2,1H3,(H,26,31). The van der Waals surface area contributed by atoms with Crippen molar-refractivity contribution < 1.29 is 19.1 Å². The third-order valence-corrected chi connectivity index (χ3v) is 6.09. The molecule has 0 bridgehead atoms. The van der Waals surface area contributed by atoms with Gasteiger partial charge in [0.2, 0.25) is 0 Å². The predicted molar refractivity (Wildman–Crippen MR) is 117 cm³/mol. The summed E-state index contributed by atoms with van der Waals surface area (Å²) in [7, 11) is 0. The van der Waals surface area contributed by atoms with Crippen molar-refractivity contribution in [2.45, 2.75) is 44.7 Å². The summed E-state index contributed by atoms with van der Waals surface area (Å²) in [5.41, 5.74) is 2.37. The van der Waals surface area contributed by atoms with Gasteiger partial charge in [-0.05, 0) is 42.5 Å². The zero-order chi connectivity index (χ0) is 22.6. The number of carbonyl (C=O) groups is 3. The topological polar surface area (TPSA) is 91.8 Å². The second kappa shape index (κ2) is 9.48. The molecule has 4 rings (SSSR count). The van der Waals surface area contributed by atoms with Gasteiger partial charge in [0.1, 0.15) is 5.54 Å². The zero-order valence-corrected chi connectivity index (χ0v) is 18.3. The summed E-state index contributed by atoms with van der Waals surface area (Å²) < 4.78 is 5.04. The number of rotatable bonds is 8. The second-order valence-corrected chi connectivity index (χ2v) is 8.30. The number of aromatic nitrogens is 1. The minimum Gasteiger partial charge on any atom is -0.466 e. The van der Waals surface area contributed by atoms with Crippen molar-refractivity contribution in [3.05, 3.63) is 65.5 Å². The Morgan fingerprint density at radius 2 is 2.03 bits per heavy atom. The van der Waals surface area contributed by atoms with Gasteiger partial charge in [0, 0.05) is 31.9 Å². The van der Waals surface area contributed by atoms with Gasteiger partial charge in [0.05, 0.1) is 19.7 Å². The molecule has 1 aliphatic carbocycles. The first kappa shape index (κ1) is 22.0. The number of esters is 1.